The van der Waals surface area contributed by atoms with Crippen molar-refractivity contribution in [2.45, 2.75) is 23.9 Å². The number of urea groups is 1. The van der Waals surface area contributed by atoms with Crippen molar-refractivity contribution in [1.82, 2.24) is 25.1 Å². The van der Waals surface area contributed by atoms with Crippen LogP contribution in [0, 0.1) is 0 Å². The smallest absolute Gasteiger partial charge is 0.325 e. The van der Waals surface area contributed by atoms with Gasteiger partial charge in [-0.25, -0.2) is 14.8 Å². The number of likely N-dealkylation sites (N-methyl/N-ethyl adjacent to an activating group) is 1. The number of H-pyrrole nitrogens is 1. The molecule has 2 aliphatic heterocycles. The van der Waals surface area contributed by atoms with Crippen molar-refractivity contribution < 1.29 is 9.59 Å². The Balaban J connectivity index is 1.50. The summed E-state index contributed by atoms with van der Waals surface area (Å²) in [6, 6.07) is 16.7. The number of amides is 3. The van der Waals surface area contributed by atoms with Crippen LogP contribution in [0.4, 0.5) is 4.79 Å². The standard InChI is InChI=1S/C20H18N6O2S/c1-25-16-15(17(27)24-19(25)28)26(11-12-7-3-2-4-8-12)20(23-16)29-18-21-13-9-5-6-10-14(13)22-18/h2-10,15-16H,11H2,1H3,(H,21,22)(H,24,27,28). The number of hydrogen-bond donors (Lipinski definition) is 2. The maximum absolute atomic E-state index is 12.7. The molecule has 29 heavy (non-hydrogen) atoms. The van der Waals surface area contributed by atoms with Crippen molar-refractivity contribution in [3.63, 3.8) is 0 Å². The number of aromatic amines is 1. The third-order valence-corrected chi connectivity index (χ3v) is 5.98. The summed E-state index contributed by atoms with van der Waals surface area (Å²) in [5, 5.41) is 3.77. The minimum atomic E-state index is -0.579. The molecule has 0 spiro atoms. The lowest BCUT2D eigenvalue weighted by atomic mass is 10.1. The van der Waals surface area contributed by atoms with Gasteiger partial charge in [-0.3, -0.25) is 10.1 Å². The summed E-state index contributed by atoms with van der Waals surface area (Å²) in [6.07, 6.45) is -0.563. The zero-order valence-electron chi connectivity index (χ0n) is 15.6. The van der Waals surface area contributed by atoms with Crippen molar-refractivity contribution in [2.24, 2.45) is 4.99 Å². The molecule has 1 fully saturated rings. The number of thioether (sulfide) groups is 1. The van der Waals surface area contributed by atoms with E-state index in [0.29, 0.717) is 16.9 Å². The fraction of sp³-hybridized carbons (Fsp3) is 0.200. The maximum atomic E-state index is 12.7. The number of para-hydroxylation sites is 2. The van der Waals surface area contributed by atoms with Gasteiger partial charge in [0.2, 0.25) is 0 Å². The van der Waals surface area contributed by atoms with Crippen LogP contribution in [0.25, 0.3) is 11.0 Å². The second-order valence-corrected chi connectivity index (χ2v) is 7.91. The van der Waals surface area contributed by atoms with E-state index in [9.17, 15) is 9.59 Å². The molecule has 5 rings (SSSR count). The van der Waals surface area contributed by atoms with Crippen LogP contribution in [-0.2, 0) is 11.3 Å². The Hall–Kier alpha value is -3.33. The third kappa shape index (κ3) is 3.13. The first-order valence-electron chi connectivity index (χ1n) is 9.19. The largest absolute Gasteiger partial charge is 0.333 e. The molecule has 8 nitrogen and oxygen atoms in total. The predicted molar refractivity (Wildman–Crippen MR) is 110 cm³/mol. The minimum absolute atomic E-state index is 0.335. The number of aromatic nitrogens is 2. The van der Waals surface area contributed by atoms with Crippen molar-refractivity contribution in [1.29, 1.82) is 0 Å². The van der Waals surface area contributed by atoms with Crippen LogP contribution >= 0.6 is 11.8 Å². The first-order valence-corrected chi connectivity index (χ1v) is 10.0. The van der Waals surface area contributed by atoms with Crippen LogP contribution in [0.15, 0.2) is 64.7 Å². The number of carbonyl (C=O) groups excluding carboxylic acids is 2. The number of imide groups is 1. The van der Waals surface area contributed by atoms with Gasteiger partial charge in [-0.1, -0.05) is 42.5 Å². The topological polar surface area (TPSA) is 93.7 Å². The summed E-state index contributed by atoms with van der Waals surface area (Å²) in [7, 11) is 1.65. The molecule has 3 amide bonds. The van der Waals surface area contributed by atoms with Crippen LogP contribution in [0.3, 0.4) is 0 Å². The van der Waals surface area contributed by atoms with Gasteiger partial charge in [-0.05, 0) is 29.5 Å². The lowest BCUT2D eigenvalue weighted by molar-refractivity contribution is -0.127. The third-order valence-electron chi connectivity index (χ3n) is 5.07. The Kier molecular flexibility index (Phi) is 4.24. The molecule has 3 aromatic rings. The van der Waals surface area contributed by atoms with Gasteiger partial charge in [0.15, 0.2) is 22.5 Å². The van der Waals surface area contributed by atoms with Gasteiger partial charge in [0.25, 0.3) is 5.91 Å². The average Bonchev–Trinajstić information content (AvgIpc) is 3.29. The molecule has 1 saturated heterocycles. The quantitative estimate of drug-likeness (QED) is 0.697. The number of imidazole rings is 1. The van der Waals surface area contributed by atoms with Crippen molar-refractivity contribution in [2.75, 3.05) is 7.05 Å². The molecule has 2 aliphatic rings. The first-order chi connectivity index (χ1) is 14.1. The highest BCUT2D eigenvalue weighted by Gasteiger charge is 2.48. The van der Waals surface area contributed by atoms with Gasteiger partial charge in [-0.15, -0.1) is 0 Å². The Morgan fingerprint density at radius 2 is 1.83 bits per heavy atom. The lowest BCUT2D eigenvalue weighted by Crippen LogP contribution is -2.63. The van der Waals surface area contributed by atoms with E-state index >= 15 is 0 Å². The molecule has 0 saturated carbocycles. The highest BCUT2D eigenvalue weighted by Crippen LogP contribution is 2.32. The number of benzene rings is 2. The SMILES string of the molecule is CN1C(=O)NC(=O)C2C1N=C(Sc1nc3ccccc3[nH]1)N2Cc1ccccc1. The molecule has 2 atom stereocenters. The van der Waals surface area contributed by atoms with Gasteiger partial charge in [0.05, 0.1) is 11.0 Å². The number of fused-ring (bicyclic) bond motifs is 2. The lowest BCUT2D eigenvalue weighted by Gasteiger charge is -2.36. The monoisotopic (exact) mass is 406 g/mol. The molecule has 2 unspecified atom stereocenters. The van der Waals surface area contributed by atoms with E-state index in [-0.39, 0.29) is 5.91 Å². The predicted octanol–water partition coefficient (Wildman–Crippen LogP) is 2.40. The summed E-state index contributed by atoms with van der Waals surface area (Å²) in [5.74, 6) is -0.335. The van der Waals surface area contributed by atoms with Crippen LogP contribution in [0.2, 0.25) is 0 Å². The van der Waals surface area contributed by atoms with Crippen LogP contribution < -0.4 is 5.32 Å². The van der Waals surface area contributed by atoms with Crippen LogP contribution in [0.5, 0.6) is 0 Å². The van der Waals surface area contributed by atoms with E-state index < -0.39 is 18.2 Å². The van der Waals surface area contributed by atoms with E-state index in [4.69, 9.17) is 4.99 Å². The van der Waals surface area contributed by atoms with E-state index in [1.165, 1.54) is 16.7 Å². The summed E-state index contributed by atoms with van der Waals surface area (Å²) >= 11 is 1.37. The Morgan fingerprint density at radius 3 is 2.62 bits per heavy atom. The van der Waals surface area contributed by atoms with E-state index in [0.717, 1.165) is 16.6 Å². The van der Waals surface area contributed by atoms with E-state index in [1.54, 1.807) is 7.05 Å². The first kappa shape index (κ1) is 17.7. The number of carbonyl (C=O) groups is 2. The summed E-state index contributed by atoms with van der Waals surface area (Å²) in [4.78, 5) is 40.8. The number of nitrogens with zero attached hydrogens (tertiary/aromatic N) is 4. The van der Waals surface area contributed by atoms with Crippen LogP contribution in [-0.4, -0.2) is 56.1 Å². The molecule has 0 bridgehead atoms. The molecule has 1 aromatic heterocycles. The molecule has 146 valence electrons. The van der Waals surface area contributed by atoms with Gasteiger partial charge >= 0.3 is 6.03 Å². The highest BCUT2D eigenvalue weighted by molar-refractivity contribution is 8.13. The number of amidine groups is 1. The number of rotatable bonds is 3. The van der Waals surface area contributed by atoms with Gasteiger partial charge in [0, 0.05) is 13.6 Å². The average molecular weight is 406 g/mol. The van der Waals surface area contributed by atoms with E-state index in [2.05, 4.69) is 15.3 Å². The van der Waals surface area contributed by atoms with Gasteiger partial charge in [-0.2, -0.15) is 0 Å². The molecule has 9 heteroatoms. The number of hydrogen-bond acceptors (Lipinski definition) is 6. The van der Waals surface area contributed by atoms with Gasteiger partial charge in [0.1, 0.15) is 0 Å². The van der Waals surface area contributed by atoms with Crippen molar-refractivity contribution >= 4 is 39.9 Å². The fourth-order valence-electron chi connectivity index (χ4n) is 3.60. The number of nitrogens with one attached hydrogen (secondary N) is 2. The minimum Gasteiger partial charge on any atom is -0.333 e. The Labute approximate surface area is 171 Å². The zero-order chi connectivity index (χ0) is 20.0. The van der Waals surface area contributed by atoms with Crippen molar-refractivity contribution in [3.05, 3.63) is 60.2 Å². The molecular weight excluding hydrogens is 388 g/mol. The number of aliphatic imine (C=N–C) groups is 1. The highest BCUT2D eigenvalue weighted by atomic mass is 32.2. The van der Waals surface area contributed by atoms with Gasteiger partial charge < -0.3 is 14.8 Å². The summed E-state index contributed by atoms with van der Waals surface area (Å²) in [6.45, 7) is 0.503. The Morgan fingerprint density at radius 1 is 1.07 bits per heavy atom. The second kappa shape index (κ2) is 6.93. The zero-order valence-corrected chi connectivity index (χ0v) is 16.4. The molecule has 0 aliphatic carbocycles. The summed E-state index contributed by atoms with van der Waals surface area (Å²) in [5.41, 5.74) is 2.86. The van der Waals surface area contributed by atoms with Crippen molar-refractivity contribution in [3.8, 4) is 0 Å². The maximum Gasteiger partial charge on any atom is 0.325 e. The molecule has 3 heterocycles. The fourth-order valence-corrected chi connectivity index (χ4v) is 4.53. The molecule has 2 aromatic carbocycles. The molecule has 0 radical (unpaired) electrons. The Bertz CT molecular complexity index is 1100. The van der Waals surface area contributed by atoms with Crippen LogP contribution in [0.1, 0.15) is 5.56 Å². The molecule has 2 N–H and O–H groups in total. The normalized spacial score (nSPS) is 21.3. The van der Waals surface area contributed by atoms with E-state index in [1.807, 2.05) is 59.5 Å². The summed E-state index contributed by atoms with van der Waals surface area (Å²) < 4.78 is 0. The molecular formula is C20H18N6O2S. The second-order valence-electron chi connectivity index (χ2n) is 6.95.